The Kier molecular flexibility index (Phi) is 2.41. The van der Waals surface area contributed by atoms with Crippen LogP contribution >= 0.6 is 0 Å². The van der Waals surface area contributed by atoms with Crippen molar-refractivity contribution in [1.29, 1.82) is 0 Å². The minimum atomic E-state index is -1.01. The molecule has 1 aromatic rings. The number of fused-ring (bicyclic) bond motifs is 1. The first-order valence-electron chi connectivity index (χ1n) is 4.76. The number of nitrogens with zero attached hydrogens (tertiary/aromatic N) is 1. The molecule has 78 valence electrons. The molecule has 0 bridgehead atoms. The molecule has 2 rings (SSSR count). The average Bonchev–Trinajstić information content (AvgIpc) is 2.27. The fourth-order valence-electron chi connectivity index (χ4n) is 1.90. The molecule has 1 unspecified atom stereocenters. The third kappa shape index (κ3) is 1.70. The molecule has 1 aliphatic rings. The lowest BCUT2D eigenvalue weighted by molar-refractivity contribution is -0.110. The van der Waals surface area contributed by atoms with Crippen molar-refractivity contribution in [2.45, 2.75) is 6.42 Å². The molecular weight excluding hydrogens is 194 g/mol. The number of para-hydroxylation sites is 1. The van der Waals surface area contributed by atoms with Crippen LogP contribution in [-0.2, 0) is 11.2 Å². The third-order valence-corrected chi connectivity index (χ3v) is 2.60. The van der Waals surface area contributed by atoms with Crippen LogP contribution in [0.1, 0.15) is 5.56 Å². The Morgan fingerprint density at radius 3 is 2.87 bits per heavy atom. The molecule has 15 heavy (non-hydrogen) atoms. The normalized spacial score (nSPS) is 19.5. The molecule has 0 saturated carbocycles. The molecule has 0 spiro atoms. The number of rotatable bonds is 1. The number of carbonyl (C=O) groups excluding carboxylic acids is 1. The van der Waals surface area contributed by atoms with E-state index in [1.54, 1.807) is 12.1 Å². The van der Waals surface area contributed by atoms with Crippen LogP contribution in [0.5, 0.6) is 0 Å². The number of benzene rings is 1. The van der Waals surface area contributed by atoms with Gasteiger partial charge in [-0.1, -0.05) is 18.2 Å². The van der Waals surface area contributed by atoms with E-state index in [1.165, 1.54) is 4.90 Å². The fourth-order valence-corrected chi connectivity index (χ4v) is 1.90. The summed E-state index contributed by atoms with van der Waals surface area (Å²) in [5.41, 5.74) is 1.62. The van der Waals surface area contributed by atoms with Crippen LogP contribution in [0.15, 0.2) is 24.3 Å². The molecule has 0 radical (unpaired) electrons. The topological polar surface area (TPSA) is 57.6 Å². The van der Waals surface area contributed by atoms with Crippen LogP contribution < -0.4 is 4.90 Å². The maximum absolute atomic E-state index is 11.0. The Bertz CT molecular complexity index is 403. The molecule has 4 nitrogen and oxygen atoms in total. The van der Waals surface area contributed by atoms with Gasteiger partial charge >= 0.3 is 6.09 Å². The summed E-state index contributed by atoms with van der Waals surface area (Å²) < 4.78 is 0. The zero-order chi connectivity index (χ0) is 10.8. The van der Waals surface area contributed by atoms with Gasteiger partial charge in [-0.25, -0.2) is 4.79 Å². The van der Waals surface area contributed by atoms with Gasteiger partial charge in [0.1, 0.15) is 6.29 Å². The molecule has 0 fully saturated rings. The van der Waals surface area contributed by atoms with Gasteiger partial charge in [-0.05, 0) is 18.1 Å². The van der Waals surface area contributed by atoms with E-state index >= 15 is 0 Å². The highest BCUT2D eigenvalue weighted by atomic mass is 16.4. The minimum Gasteiger partial charge on any atom is -0.465 e. The van der Waals surface area contributed by atoms with Gasteiger partial charge in [0.25, 0.3) is 0 Å². The highest BCUT2D eigenvalue weighted by molar-refractivity contribution is 5.88. The van der Waals surface area contributed by atoms with Crippen molar-refractivity contribution in [2.24, 2.45) is 5.92 Å². The summed E-state index contributed by atoms with van der Waals surface area (Å²) in [5.74, 6) is -0.226. The van der Waals surface area contributed by atoms with Crippen LogP contribution in [0.2, 0.25) is 0 Å². The second-order valence-corrected chi connectivity index (χ2v) is 3.62. The molecule has 1 heterocycles. The molecule has 1 atom stereocenters. The van der Waals surface area contributed by atoms with E-state index in [4.69, 9.17) is 5.11 Å². The van der Waals surface area contributed by atoms with Crippen LogP contribution in [0.25, 0.3) is 0 Å². The van der Waals surface area contributed by atoms with Crippen LogP contribution in [-0.4, -0.2) is 24.0 Å². The number of hydrogen-bond donors (Lipinski definition) is 1. The van der Waals surface area contributed by atoms with Crippen molar-refractivity contribution < 1.29 is 14.7 Å². The quantitative estimate of drug-likeness (QED) is 0.707. The summed E-state index contributed by atoms with van der Waals surface area (Å²) >= 11 is 0. The predicted molar refractivity (Wildman–Crippen MR) is 55.1 cm³/mol. The van der Waals surface area contributed by atoms with E-state index in [0.29, 0.717) is 12.1 Å². The van der Waals surface area contributed by atoms with Gasteiger partial charge in [-0.15, -0.1) is 0 Å². The summed E-state index contributed by atoms with van der Waals surface area (Å²) in [6.45, 7) is 0.260. The molecular formula is C11H11NO3. The Morgan fingerprint density at radius 2 is 2.20 bits per heavy atom. The van der Waals surface area contributed by atoms with Crippen molar-refractivity contribution in [1.82, 2.24) is 0 Å². The lowest BCUT2D eigenvalue weighted by Gasteiger charge is -2.30. The lowest BCUT2D eigenvalue weighted by Crippen LogP contribution is -2.39. The first-order valence-corrected chi connectivity index (χ1v) is 4.76. The first kappa shape index (κ1) is 9.71. The monoisotopic (exact) mass is 205 g/mol. The molecule has 0 saturated heterocycles. The standard InChI is InChI=1S/C11H11NO3/c13-7-8-5-9-3-1-2-4-10(9)12(6-8)11(14)15/h1-4,7-8H,5-6H2,(H,14,15). The molecule has 0 aliphatic carbocycles. The van der Waals surface area contributed by atoms with Gasteiger partial charge < -0.3 is 9.90 Å². The van der Waals surface area contributed by atoms with Gasteiger partial charge in [0.05, 0.1) is 5.69 Å². The summed E-state index contributed by atoms with van der Waals surface area (Å²) in [7, 11) is 0. The van der Waals surface area contributed by atoms with Crippen LogP contribution in [0, 0.1) is 5.92 Å². The zero-order valence-corrected chi connectivity index (χ0v) is 8.09. The molecule has 0 aromatic heterocycles. The molecule has 1 amide bonds. The van der Waals surface area contributed by atoms with Gasteiger partial charge in [0, 0.05) is 12.5 Å². The van der Waals surface area contributed by atoms with Crippen LogP contribution in [0.3, 0.4) is 0 Å². The van der Waals surface area contributed by atoms with Crippen molar-refractivity contribution in [3.63, 3.8) is 0 Å². The highest BCUT2D eigenvalue weighted by Crippen LogP contribution is 2.28. The van der Waals surface area contributed by atoms with E-state index in [2.05, 4.69) is 0 Å². The van der Waals surface area contributed by atoms with Crippen molar-refractivity contribution in [3.05, 3.63) is 29.8 Å². The highest BCUT2D eigenvalue weighted by Gasteiger charge is 2.27. The Balaban J connectivity index is 2.42. The number of amides is 1. The first-order chi connectivity index (χ1) is 7.22. The lowest BCUT2D eigenvalue weighted by atomic mass is 9.94. The second-order valence-electron chi connectivity index (χ2n) is 3.62. The third-order valence-electron chi connectivity index (χ3n) is 2.60. The molecule has 1 aromatic carbocycles. The molecule has 1 aliphatic heterocycles. The number of hydrogen-bond acceptors (Lipinski definition) is 2. The number of aldehydes is 1. The van der Waals surface area contributed by atoms with Crippen LogP contribution in [0.4, 0.5) is 10.5 Å². The molecule has 1 N–H and O–H groups in total. The summed E-state index contributed by atoms with van der Waals surface area (Å²) in [4.78, 5) is 22.9. The maximum Gasteiger partial charge on any atom is 0.411 e. The Labute approximate surface area is 87.1 Å². The van der Waals surface area contributed by atoms with E-state index in [1.807, 2.05) is 12.1 Å². The fraction of sp³-hybridized carbons (Fsp3) is 0.273. The van der Waals surface area contributed by atoms with E-state index < -0.39 is 6.09 Å². The Hall–Kier alpha value is -1.84. The number of anilines is 1. The number of carboxylic acid groups (broad SMARTS) is 1. The minimum absolute atomic E-state index is 0.226. The Morgan fingerprint density at radius 1 is 1.47 bits per heavy atom. The SMILES string of the molecule is O=CC1Cc2ccccc2N(C(=O)O)C1. The average molecular weight is 205 g/mol. The van der Waals surface area contributed by atoms with Crippen molar-refractivity contribution in [3.8, 4) is 0 Å². The maximum atomic E-state index is 11.0. The van der Waals surface area contributed by atoms with E-state index in [-0.39, 0.29) is 12.5 Å². The van der Waals surface area contributed by atoms with Gasteiger partial charge in [-0.3, -0.25) is 4.90 Å². The largest absolute Gasteiger partial charge is 0.465 e. The van der Waals surface area contributed by atoms with E-state index in [9.17, 15) is 9.59 Å². The smallest absolute Gasteiger partial charge is 0.411 e. The van der Waals surface area contributed by atoms with Crippen molar-refractivity contribution in [2.75, 3.05) is 11.4 Å². The zero-order valence-electron chi connectivity index (χ0n) is 8.09. The van der Waals surface area contributed by atoms with Gasteiger partial charge in [-0.2, -0.15) is 0 Å². The summed E-state index contributed by atoms with van der Waals surface area (Å²) in [6.07, 6.45) is 0.448. The predicted octanol–water partition coefficient (Wildman–Crippen LogP) is 1.54. The second kappa shape index (κ2) is 3.73. The summed E-state index contributed by atoms with van der Waals surface area (Å²) in [5, 5.41) is 9.01. The van der Waals surface area contributed by atoms with Gasteiger partial charge in [0.2, 0.25) is 0 Å². The summed E-state index contributed by atoms with van der Waals surface area (Å²) in [6, 6.07) is 7.29. The number of carbonyl (C=O) groups is 2. The van der Waals surface area contributed by atoms with E-state index in [0.717, 1.165) is 11.8 Å². The van der Waals surface area contributed by atoms with Crippen molar-refractivity contribution >= 4 is 18.1 Å². The molecule has 4 heteroatoms. The van der Waals surface area contributed by atoms with Gasteiger partial charge in [0.15, 0.2) is 0 Å².